The van der Waals surface area contributed by atoms with Crippen molar-refractivity contribution < 1.29 is 23.7 Å². The van der Waals surface area contributed by atoms with Gasteiger partial charge in [-0.25, -0.2) is 0 Å². The molecule has 6 rings (SSSR count). The average molecular weight is 400 g/mol. The molecule has 0 radical (unpaired) electrons. The molecule has 1 N–H and O–H groups in total. The molecular weight excluding hydrogens is 372 g/mol. The Morgan fingerprint density at radius 2 is 1.93 bits per heavy atom. The Labute approximate surface area is 170 Å². The lowest BCUT2D eigenvalue weighted by Gasteiger charge is -2.61. The highest BCUT2D eigenvalue weighted by atomic mass is 16.6. The molecule has 4 atom stereocenters. The van der Waals surface area contributed by atoms with Crippen LogP contribution in [0.25, 0.3) is 0 Å². The predicted octanol–water partition coefficient (Wildman–Crippen LogP) is 2.67. The van der Waals surface area contributed by atoms with Gasteiger partial charge in [0.25, 0.3) is 0 Å². The lowest BCUT2D eigenvalue weighted by atomic mass is 9.50. The number of piperidine rings is 1. The van der Waals surface area contributed by atoms with E-state index < -0.39 is 5.72 Å². The first kappa shape index (κ1) is 17.7. The molecule has 4 fully saturated rings. The molecule has 2 spiro atoms. The molecule has 7 nitrogen and oxygen atoms in total. The van der Waals surface area contributed by atoms with E-state index in [4.69, 9.17) is 18.9 Å². The van der Waals surface area contributed by atoms with Gasteiger partial charge in [-0.2, -0.15) is 0 Å². The van der Waals surface area contributed by atoms with E-state index in [9.17, 15) is 4.79 Å². The third-order valence-electron chi connectivity index (χ3n) is 8.51. The number of carbonyl (C=O) groups excluding carboxylic acids is 1. The maximum atomic E-state index is 12.8. The molecule has 5 aliphatic rings. The molecule has 1 saturated carbocycles. The molecule has 4 aliphatic heterocycles. The van der Waals surface area contributed by atoms with Crippen LogP contribution < -0.4 is 19.5 Å². The number of anilines is 1. The zero-order valence-corrected chi connectivity index (χ0v) is 17.3. The van der Waals surface area contributed by atoms with Crippen LogP contribution in [0.5, 0.6) is 17.2 Å². The summed E-state index contributed by atoms with van der Waals surface area (Å²) in [7, 11) is 4.95. The highest BCUT2D eigenvalue weighted by molar-refractivity contribution is 5.81. The zero-order chi connectivity index (χ0) is 20.0. The zero-order valence-electron chi connectivity index (χ0n) is 17.3. The van der Waals surface area contributed by atoms with Gasteiger partial charge in [0.2, 0.25) is 5.75 Å². The van der Waals surface area contributed by atoms with Gasteiger partial charge >= 0.3 is 5.97 Å². The first-order chi connectivity index (χ1) is 14.1. The Balaban J connectivity index is 1.66. The van der Waals surface area contributed by atoms with Crippen molar-refractivity contribution in [3.63, 3.8) is 0 Å². The summed E-state index contributed by atoms with van der Waals surface area (Å²) in [5.74, 6) is 1.89. The monoisotopic (exact) mass is 400 g/mol. The van der Waals surface area contributed by atoms with Gasteiger partial charge < -0.3 is 24.3 Å². The second-order valence-electron chi connectivity index (χ2n) is 9.19. The molecule has 7 heteroatoms. The van der Waals surface area contributed by atoms with Crippen molar-refractivity contribution in [1.82, 2.24) is 4.90 Å². The Kier molecular flexibility index (Phi) is 3.36. The lowest BCUT2D eigenvalue weighted by Crippen LogP contribution is -2.72. The lowest BCUT2D eigenvalue weighted by molar-refractivity contribution is -0.229. The number of esters is 1. The Morgan fingerprint density at radius 1 is 1.10 bits per heavy atom. The quantitative estimate of drug-likeness (QED) is 0.783. The number of nitrogens with one attached hydrogen (secondary N) is 1. The molecule has 29 heavy (non-hydrogen) atoms. The SMILES string of the molecule is COc1cc2c(c(OC)c1OC)N[C@H]1CC[C@]34CCCN5CC[C@]21[C@@]53OC(=O)C4. The van der Waals surface area contributed by atoms with Gasteiger partial charge in [-0.1, -0.05) is 0 Å². The molecule has 156 valence electrons. The summed E-state index contributed by atoms with van der Waals surface area (Å²) in [4.78, 5) is 15.3. The highest BCUT2D eigenvalue weighted by Gasteiger charge is 2.81. The second-order valence-corrected chi connectivity index (χ2v) is 9.19. The van der Waals surface area contributed by atoms with Crippen molar-refractivity contribution in [3.05, 3.63) is 11.6 Å². The van der Waals surface area contributed by atoms with Gasteiger partial charge in [-0.05, 0) is 43.7 Å². The van der Waals surface area contributed by atoms with E-state index in [0.29, 0.717) is 23.7 Å². The Morgan fingerprint density at radius 3 is 2.69 bits per heavy atom. The molecule has 0 amide bonds. The largest absolute Gasteiger partial charge is 0.493 e. The van der Waals surface area contributed by atoms with E-state index in [-0.39, 0.29) is 22.8 Å². The van der Waals surface area contributed by atoms with Crippen LogP contribution in [0.1, 0.15) is 44.1 Å². The predicted molar refractivity (Wildman–Crippen MR) is 106 cm³/mol. The van der Waals surface area contributed by atoms with Crippen LogP contribution in [0, 0.1) is 5.41 Å². The average Bonchev–Trinajstić information content (AvgIpc) is 3.34. The second kappa shape index (κ2) is 5.50. The standard InChI is InChI=1S/C22H28N2O5/c1-26-14-11-13-17(19(28-3)18(14)27-2)23-15-5-7-20-6-4-9-24-10-8-21(13,15)22(20,24)29-16(25)12-20/h11,15,23H,4-10,12H2,1-3H3/t15-,20-,21-,22+/m0/s1. The first-order valence-corrected chi connectivity index (χ1v) is 10.6. The van der Waals surface area contributed by atoms with Crippen LogP contribution in [-0.4, -0.2) is 57.1 Å². The normalized spacial score (nSPS) is 39.0. The van der Waals surface area contributed by atoms with E-state index in [2.05, 4.69) is 16.3 Å². The van der Waals surface area contributed by atoms with Crippen LogP contribution in [0.2, 0.25) is 0 Å². The van der Waals surface area contributed by atoms with Gasteiger partial charge in [0.1, 0.15) is 0 Å². The van der Waals surface area contributed by atoms with Crippen LogP contribution in [0.15, 0.2) is 6.07 Å². The number of benzene rings is 1. The summed E-state index contributed by atoms with van der Waals surface area (Å²) in [6.07, 6.45) is 5.73. The molecule has 1 aromatic carbocycles. The van der Waals surface area contributed by atoms with E-state index in [1.165, 1.54) is 0 Å². The third-order valence-corrected chi connectivity index (χ3v) is 8.51. The minimum atomic E-state index is -0.568. The fraction of sp³-hybridized carbons (Fsp3) is 0.682. The number of rotatable bonds is 3. The molecule has 0 aromatic heterocycles. The van der Waals surface area contributed by atoms with Crippen molar-refractivity contribution in [2.24, 2.45) is 5.41 Å². The van der Waals surface area contributed by atoms with Crippen LogP contribution in [0.3, 0.4) is 0 Å². The summed E-state index contributed by atoms with van der Waals surface area (Å²) in [5.41, 5.74) is 1.16. The topological polar surface area (TPSA) is 69.3 Å². The molecule has 1 aliphatic carbocycles. The summed E-state index contributed by atoms with van der Waals surface area (Å²) in [6.45, 7) is 1.94. The number of carbonyl (C=O) groups is 1. The maximum Gasteiger partial charge on any atom is 0.308 e. The number of hydrogen-bond acceptors (Lipinski definition) is 7. The van der Waals surface area contributed by atoms with Gasteiger partial charge in [0.05, 0.1) is 38.9 Å². The smallest absolute Gasteiger partial charge is 0.308 e. The molecule has 3 saturated heterocycles. The minimum absolute atomic E-state index is 0.0419. The highest BCUT2D eigenvalue weighted by Crippen LogP contribution is 2.73. The van der Waals surface area contributed by atoms with Crippen LogP contribution in [-0.2, 0) is 14.9 Å². The van der Waals surface area contributed by atoms with Crippen molar-refractivity contribution in [3.8, 4) is 17.2 Å². The fourth-order valence-corrected chi connectivity index (χ4v) is 7.71. The Hall–Kier alpha value is -2.15. The summed E-state index contributed by atoms with van der Waals surface area (Å²) < 4.78 is 23.6. The molecule has 4 heterocycles. The number of methoxy groups -OCH3 is 3. The van der Waals surface area contributed by atoms with Gasteiger partial charge in [0.15, 0.2) is 17.2 Å². The van der Waals surface area contributed by atoms with E-state index in [0.717, 1.165) is 56.4 Å². The van der Waals surface area contributed by atoms with Crippen molar-refractivity contribution in [1.29, 1.82) is 0 Å². The summed E-state index contributed by atoms with van der Waals surface area (Å²) in [5, 5.41) is 3.77. The number of hydrogen-bond donors (Lipinski definition) is 1. The number of fused-ring (bicyclic) bond motifs is 1. The van der Waals surface area contributed by atoms with E-state index >= 15 is 0 Å². The van der Waals surface area contributed by atoms with Gasteiger partial charge in [-0.3, -0.25) is 9.69 Å². The summed E-state index contributed by atoms with van der Waals surface area (Å²) in [6, 6.07) is 2.30. The summed E-state index contributed by atoms with van der Waals surface area (Å²) >= 11 is 0. The first-order valence-electron chi connectivity index (χ1n) is 10.6. The minimum Gasteiger partial charge on any atom is -0.493 e. The molecule has 1 aromatic rings. The maximum absolute atomic E-state index is 12.8. The van der Waals surface area contributed by atoms with E-state index in [1.807, 2.05) is 0 Å². The van der Waals surface area contributed by atoms with Crippen molar-refractivity contribution in [2.75, 3.05) is 39.7 Å². The molecule has 0 bridgehead atoms. The van der Waals surface area contributed by atoms with Crippen LogP contribution >= 0.6 is 0 Å². The van der Waals surface area contributed by atoms with Crippen molar-refractivity contribution in [2.45, 2.75) is 55.7 Å². The van der Waals surface area contributed by atoms with Gasteiger partial charge in [-0.15, -0.1) is 0 Å². The third kappa shape index (κ3) is 1.71. The van der Waals surface area contributed by atoms with E-state index in [1.54, 1.807) is 21.3 Å². The molecular formula is C22H28N2O5. The van der Waals surface area contributed by atoms with Crippen LogP contribution in [0.4, 0.5) is 5.69 Å². The number of nitrogens with zero attached hydrogens (tertiary/aromatic N) is 1. The van der Waals surface area contributed by atoms with Crippen molar-refractivity contribution >= 4 is 11.7 Å². The van der Waals surface area contributed by atoms with Gasteiger partial charge in [0, 0.05) is 24.5 Å². The molecule has 0 unspecified atom stereocenters. The fourth-order valence-electron chi connectivity index (χ4n) is 7.71. The Bertz CT molecular complexity index is 919. The number of ether oxygens (including phenoxy) is 4.